The zero-order chi connectivity index (χ0) is 15.0. The highest BCUT2D eigenvalue weighted by atomic mass is 35.5. The Morgan fingerprint density at radius 1 is 1.24 bits per heavy atom. The van der Waals surface area contributed by atoms with Gasteiger partial charge in [-0.2, -0.15) is 0 Å². The number of hydrogen-bond acceptors (Lipinski definition) is 4. The standard InChI is InChI=1S/C14H12ClN3O3/c15-10-3-1-2-4-11(10)18-13(20)9(7-16-8-5-6-8)12(19)17-14(18)21/h1-4,7-9H,5-6H2,(H,17,19,21)/t9-/m0/s1. The van der Waals surface area contributed by atoms with Gasteiger partial charge < -0.3 is 0 Å². The second-order valence-electron chi connectivity index (χ2n) is 4.93. The Kier molecular flexibility index (Phi) is 3.47. The van der Waals surface area contributed by atoms with Gasteiger partial charge in [-0.1, -0.05) is 23.7 Å². The van der Waals surface area contributed by atoms with E-state index in [1.165, 1.54) is 6.21 Å². The summed E-state index contributed by atoms with van der Waals surface area (Å²) in [5.74, 6) is -2.39. The first-order valence-corrected chi connectivity index (χ1v) is 6.92. The lowest BCUT2D eigenvalue weighted by molar-refractivity contribution is -0.131. The highest BCUT2D eigenvalue weighted by Crippen LogP contribution is 2.28. The minimum absolute atomic E-state index is 0.192. The van der Waals surface area contributed by atoms with Crippen LogP contribution in [0.5, 0.6) is 0 Å². The highest BCUT2D eigenvalue weighted by molar-refractivity contribution is 6.38. The van der Waals surface area contributed by atoms with Crippen LogP contribution in [-0.4, -0.2) is 30.1 Å². The molecule has 1 aliphatic carbocycles. The van der Waals surface area contributed by atoms with Crippen molar-refractivity contribution >= 4 is 41.3 Å². The molecule has 0 bridgehead atoms. The summed E-state index contributed by atoms with van der Waals surface area (Å²) in [5, 5.41) is 2.41. The number of carbonyl (C=O) groups excluding carboxylic acids is 3. The van der Waals surface area contributed by atoms with Crippen molar-refractivity contribution in [1.29, 1.82) is 0 Å². The predicted octanol–water partition coefficient (Wildman–Crippen LogP) is 1.77. The molecule has 0 aromatic heterocycles. The number of halogens is 1. The molecule has 21 heavy (non-hydrogen) atoms. The summed E-state index contributed by atoms with van der Waals surface area (Å²) in [7, 11) is 0. The Labute approximate surface area is 125 Å². The van der Waals surface area contributed by atoms with E-state index >= 15 is 0 Å². The first kappa shape index (κ1) is 13.8. The summed E-state index contributed by atoms with van der Waals surface area (Å²) < 4.78 is 0. The van der Waals surface area contributed by atoms with Gasteiger partial charge in [0, 0.05) is 12.3 Å². The Balaban J connectivity index is 1.92. The van der Waals surface area contributed by atoms with Crippen LogP contribution >= 0.6 is 11.6 Å². The third kappa shape index (κ3) is 2.67. The number of rotatable bonds is 3. The van der Waals surface area contributed by atoms with Crippen LogP contribution in [-0.2, 0) is 9.59 Å². The van der Waals surface area contributed by atoms with Gasteiger partial charge in [-0.05, 0) is 25.0 Å². The van der Waals surface area contributed by atoms with E-state index in [0.717, 1.165) is 17.7 Å². The average Bonchev–Trinajstić information content (AvgIpc) is 3.24. The second kappa shape index (κ2) is 5.29. The molecule has 4 amide bonds. The lowest BCUT2D eigenvalue weighted by Gasteiger charge is -2.29. The van der Waals surface area contributed by atoms with Crippen LogP contribution in [0.25, 0.3) is 0 Å². The molecule has 1 atom stereocenters. The van der Waals surface area contributed by atoms with Crippen molar-refractivity contribution in [3.05, 3.63) is 29.3 Å². The van der Waals surface area contributed by atoms with Crippen molar-refractivity contribution in [3.8, 4) is 0 Å². The number of aliphatic imine (C=N–C) groups is 1. The largest absolute Gasteiger partial charge is 0.335 e. The summed E-state index contributed by atoms with van der Waals surface area (Å²) in [6.07, 6.45) is 3.25. The molecule has 1 heterocycles. The van der Waals surface area contributed by atoms with Gasteiger partial charge in [0.1, 0.15) is 0 Å². The SMILES string of the molecule is O=C1NC(=O)N(c2ccccc2Cl)C(=O)[C@H]1C=NC1CC1. The summed E-state index contributed by atoms with van der Waals surface area (Å²) in [6, 6.07) is 5.86. The van der Waals surface area contributed by atoms with Crippen LogP contribution in [0, 0.1) is 5.92 Å². The number of nitrogens with one attached hydrogen (secondary N) is 1. The molecule has 7 heteroatoms. The number of hydrogen-bond donors (Lipinski definition) is 1. The number of benzene rings is 1. The van der Waals surface area contributed by atoms with Gasteiger partial charge in [-0.25, -0.2) is 9.69 Å². The van der Waals surface area contributed by atoms with Gasteiger partial charge in [0.05, 0.1) is 10.7 Å². The van der Waals surface area contributed by atoms with Gasteiger partial charge in [-0.15, -0.1) is 0 Å². The molecule has 1 aromatic rings. The van der Waals surface area contributed by atoms with E-state index in [-0.39, 0.29) is 16.8 Å². The number of imide groups is 2. The van der Waals surface area contributed by atoms with Crippen LogP contribution in [0.2, 0.25) is 5.02 Å². The van der Waals surface area contributed by atoms with E-state index in [9.17, 15) is 14.4 Å². The van der Waals surface area contributed by atoms with E-state index in [0.29, 0.717) is 0 Å². The van der Waals surface area contributed by atoms with E-state index in [1.807, 2.05) is 0 Å². The van der Waals surface area contributed by atoms with Gasteiger partial charge >= 0.3 is 6.03 Å². The Hall–Kier alpha value is -2.21. The molecule has 1 saturated heterocycles. The Morgan fingerprint density at radius 3 is 2.62 bits per heavy atom. The van der Waals surface area contributed by atoms with Crippen molar-refractivity contribution < 1.29 is 14.4 Å². The number of nitrogens with zero attached hydrogens (tertiary/aromatic N) is 2. The van der Waals surface area contributed by atoms with Crippen molar-refractivity contribution in [1.82, 2.24) is 5.32 Å². The quantitative estimate of drug-likeness (QED) is 0.683. The van der Waals surface area contributed by atoms with E-state index < -0.39 is 23.8 Å². The molecule has 0 spiro atoms. The average molecular weight is 306 g/mol. The van der Waals surface area contributed by atoms with Crippen LogP contribution in [0.15, 0.2) is 29.3 Å². The molecule has 2 fully saturated rings. The molecule has 1 N–H and O–H groups in total. The number of para-hydroxylation sites is 1. The summed E-state index contributed by atoms with van der Waals surface area (Å²) in [5.41, 5.74) is 0.249. The Morgan fingerprint density at radius 2 is 1.95 bits per heavy atom. The van der Waals surface area contributed by atoms with Crippen molar-refractivity contribution in [2.75, 3.05) is 4.90 Å². The second-order valence-corrected chi connectivity index (χ2v) is 5.33. The molecule has 0 unspecified atom stereocenters. The number of anilines is 1. The van der Waals surface area contributed by atoms with E-state index in [4.69, 9.17) is 11.6 Å². The van der Waals surface area contributed by atoms with Gasteiger partial charge in [0.25, 0.3) is 5.91 Å². The topological polar surface area (TPSA) is 78.8 Å². The third-order valence-corrected chi connectivity index (χ3v) is 3.61. The summed E-state index contributed by atoms with van der Waals surface area (Å²) >= 11 is 6.02. The maximum absolute atomic E-state index is 12.4. The zero-order valence-corrected chi connectivity index (χ0v) is 11.7. The third-order valence-electron chi connectivity index (χ3n) is 3.29. The first-order chi connectivity index (χ1) is 10.1. The molecule has 0 radical (unpaired) electrons. The molecule has 108 valence electrons. The molecule has 3 rings (SSSR count). The maximum atomic E-state index is 12.4. The Bertz CT molecular complexity index is 655. The van der Waals surface area contributed by atoms with Crippen LogP contribution < -0.4 is 10.2 Å². The first-order valence-electron chi connectivity index (χ1n) is 6.54. The van der Waals surface area contributed by atoms with Crippen LogP contribution in [0.3, 0.4) is 0 Å². The molecule has 1 aliphatic heterocycles. The normalized spacial score (nSPS) is 22.8. The lowest BCUT2D eigenvalue weighted by atomic mass is 10.1. The van der Waals surface area contributed by atoms with Crippen LogP contribution in [0.1, 0.15) is 12.8 Å². The fraction of sp³-hybridized carbons (Fsp3) is 0.286. The molecular weight excluding hydrogens is 294 g/mol. The molecular formula is C14H12ClN3O3. The fourth-order valence-electron chi connectivity index (χ4n) is 2.01. The number of urea groups is 1. The van der Waals surface area contributed by atoms with Gasteiger partial charge in [-0.3, -0.25) is 19.9 Å². The summed E-state index contributed by atoms with van der Waals surface area (Å²) in [4.78, 5) is 41.2. The highest BCUT2D eigenvalue weighted by Gasteiger charge is 2.41. The molecule has 1 saturated carbocycles. The smallest absolute Gasteiger partial charge is 0.293 e. The lowest BCUT2D eigenvalue weighted by Crippen LogP contribution is -2.58. The number of barbiturate groups is 1. The minimum Gasteiger partial charge on any atom is -0.293 e. The van der Waals surface area contributed by atoms with Crippen molar-refractivity contribution in [2.24, 2.45) is 10.9 Å². The molecule has 1 aromatic carbocycles. The van der Waals surface area contributed by atoms with Crippen LogP contribution in [0.4, 0.5) is 10.5 Å². The number of amides is 4. The van der Waals surface area contributed by atoms with Gasteiger partial charge in [0.2, 0.25) is 5.91 Å². The van der Waals surface area contributed by atoms with Crippen molar-refractivity contribution in [2.45, 2.75) is 18.9 Å². The predicted molar refractivity (Wildman–Crippen MR) is 77.5 cm³/mol. The molecule has 6 nitrogen and oxygen atoms in total. The monoisotopic (exact) mass is 305 g/mol. The maximum Gasteiger partial charge on any atom is 0.335 e. The summed E-state index contributed by atoms with van der Waals surface area (Å²) in [6.45, 7) is 0. The minimum atomic E-state index is -1.10. The van der Waals surface area contributed by atoms with Crippen molar-refractivity contribution in [3.63, 3.8) is 0 Å². The zero-order valence-electron chi connectivity index (χ0n) is 11.0. The van der Waals surface area contributed by atoms with E-state index in [1.54, 1.807) is 24.3 Å². The fourth-order valence-corrected chi connectivity index (χ4v) is 2.23. The van der Waals surface area contributed by atoms with E-state index in [2.05, 4.69) is 10.3 Å². The molecule has 2 aliphatic rings. The van der Waals surface area contributed by atoms with Gasteiger partial charge in [0.15, 0.2) is 5.92 Å². The number of carbonyl (C=O) groups is 3.